The molecule has 0 saturated heterocycles. The third-order valence-corrected chi connectivity index (χ3v) is 2.02. The van der Waals surface area contributed by atoms with Crippen molar-refractivity contribution >= 4 is 18.5 Å². The first kappa shape index (κ1) is 12.4. The lowest BCUT2D eigenvalue weighted by atomic mass is 9.77. The van der Waals surface area contributed by atoms with Crippen molar-refractivity contribution in [3.8, 4) is 0 Å². The van der Waals surface area contributed by atoms with Gasteiger partial charge in [-0.2, -0.15) is 0 Å². The van der Waals surface area contributed by atoms with Gasteiger partial charge in [0.25, 0.3) is 0 Å². The van der Waals surface area contributed by atoms with Crippen molar-refractivity contribution in [3.05, 3.63) is 42.2 Å². The molecule has 0 unspecified atom stereocenters. The summed E-state index contributed by atoms with van der Waals surface area (Å²) in [5, 5.41) is 20.5. The van der Waals surface area contributed by atoms with Gasteiger partial charge in [0, 0.05) is 6.54 Å². The van der Waals surface area contributed by atoms with E-state index in [4.69, 9.17) is 10.0 Å². The fourth-order valence-electron chi connectivity index (χ4n) is 1.23. The predicted octanol–water partition coefficient (Wildman–Crippen LogP) is -0.692. The summed E-state index contributed by atoms with van der Waals surface area (Å²) in [4.78, 5) is 10.9. The smallest absolute Gasteiger partial charge is 0.423 e. The summed E-state index contributed by atoms with van der Waals surface area (Å²) < 4.78 is 12.9. The summed E-state index contributed by atoms with van der Waals surface area (Å²) in [6.45, 7) is 3.27. The molecule has 0 aliphatic carbocycles. The largest absolute Gasteiger partial charge is 0.488 e. The lowest BCUT2D eigenvalue weighted by molar-refractivity contribution is -0.116. The molecule has 84 valence electrons. The minimum absolute atomic E-state index is 0.00949. The molecule has 1 rings (SSSR count). The van der Waals surface area contributed by atoms with Crippen molar-refractivity contribution in [3.63, 3.8) is 0 Å². The van der Waals surface area contributed by atoms with Gasteiger partial charge in [-0.05, 0) is 29.2 Å². The molecule has 1 aromatic carbocycles. The second-order valence-corrected chi connectivity index (χ2v) is 3.14. The number of hydrogen-bond donors (Lipinski definition) is 3. The van der Waals surface area contributed by atoms with Crippen LogP contribution in [-0.2, 0) is 11.3 Å². The lowest BCUT2D eigenvalue weighted by Crippen LogP contribution is -2.35. The Morgan fingerprint density at radius 2 is 2.25 bits per heavy atom. The monoisotopic (exact) mass is 223 g/mol. The van der Waals surface area contributed by atoms with E-state index < -0.39 is 18.8 Å². The number of carbonyl (C=O) groups excluding carboxylic acids is 1. The summed E-state index contributed by atoms with van der Waals surface area (Å²) in [5.74, 6) is -0.921. The molecule has 1 aromatic rings. The van der Waals surface area contributed by atoms with Crippen LogP contribution < -0.4 is 10.8 Å². The molecule has 0 radical (unpaired) electrons. The third kappa shape index (κ3) is 3.18. The highest BCUT2D eigenvalue weighted by atomic mass is 19.1. The molecule has 1 amide bonds. The van der Waals surface area contributed by atoms with Gasteiger partial charge in [0.2, 0.25) is 5.91 Å². The Labute approximate surface area is 92.6 Å². The van der Waals surface area contributed by atoms with Crippen LogP contribution in [0.2, 0.25) is 0 Å². The molecule has 0 fully saturated rings. The van der Waals surface area contributed by atoms with Crippen molar-refractivity contribution in [2.45, 2.75) is 6.54 Å². The van der Waals surface area contributed by atoms with Crippen LogP contribution in [0.25, 0.3) is 0 Å². The maximum atomic E-state index is 12.9. The third-order valence-electron chi connectivity index (χ3n) is 2.02. The van der Waals surface area contributed by atoms with Crippen LogP contribution in [0.4, 0.5) is 4.39 Å². The van der Waals surface area contributed by atoms with Crippen molar-refractivity contribution in [1.82, 2.24) is 5.32 Å². The molecule has 0 aliphatic rings. The van der Waals surface area contributed by atoms with E-state index in [0.29, 0.717) is 5.56 Å². The zero-order valence-electron chi connectivity index (χ0n) is 8.48. The molecular formula is C10H11BFNO3. The molecule has 0 atom stereocenters. The Hall–Kier alpha value is -1.66. The van der Waals surface area contributed by atoms with E-state index in [9.17, 15) is 9.18 Å². The summed E-state index contributed by atoms with van der Waals surface area (Å²) in [7, 11) is -1.70. The molecule has 3 N–H and O–H groups in total. The highest BCUT2D eigenvalue weighted by Gasteiger charge is 2.16. The van der Waals surface area contributed by atoms with Gasteiger partial charge in [-0.1, -0.05) is 12.6 Å². The SMILES string of the molecule is C=CC(=O)NCc1cc(F)ccc1B(O)O. The number of hydrogen-bond acceptors (Lipinski definition) is 3. The van der Waals surface area contributed by atoms with E-state index in [0.717, 1.165) is 18.2 Å². The number of carbonyl (C=O) groups is 1. The summed E-state index contributed by atoms with van der Waals surface area (Å²) in [6, 6.07) is 3.52. The van der Waals surface area contributed by atoms with Crippen molar-refractivity contribution in [2.24, 2.45) is 0 Å². The quantitative estimate of drug-likeness (QED) is 0.467. The molecule has 0 bridgehead atoms. The van der Waals surface area contributed by atoms with Crippen molar-refractivity contribution in [2.75, 3.05) is 0 Å². The molecule has 6 heteroatoms. The standard InChI is InChI=1S/C10H11BFNO3/c1-2-10(14)13-6-7-5-8(12)3-4-9(7)11(15)16/h2-5,15-16H,1,6H2,(H,13,14). The predicted molar refractivity (Wildman–Crippen MR) is 58.3 cm³/mol. The fraction of sp³-hybridized carbons (Fsp3) is 0.100. The molecule has 0 saturated carbocycles. The van der Waals surface area contributed by atoms with Gasteiger partial charge in [0.05, 0.1) is 0 Å². The van der Waals surface area contributed by atoms with Gasteiger partial charge in [-0.3, -0.25) is 4.79 Å². The zero-order chi connectivity index (χ0) is 12.1. The molecular weight excluding hydrogens is 212 g/mol. The van der Waals surface area contributed by atoms with Crippen LogP contribution in [0.3, 0.4) is 0 Å². The normalized spacial score (nSPS) is 9.69. The van der Waals surface area contributed by atoms with Gasteiger partial charge >= 0.3 is 7.12 Å². The number of halogens is 1. The molecule has 0 aromatic heterocycles. The zero-order valence-corrected chi connectivity index (χ0v) is 8.48. The average molecular weight is 223 g/mol. The van der Waals surface area contributed by atoms with Crippen LogP contribution in [0.1, 0.15) is 5.56 Å². The van der Waals surface area contributed by atoms with E-state index in [2.05, 4.69) is 11.9 Å². The average Bonchev–Trinajstić information content (AvgIpc) is 2.25. The van der Waals surface area contributed by atoms with Crippen LogP contribution in [0, 0.1) is 5.82 Å². The highest BCUT2D eigenvalue weighted by Crippen LogP contribution is 2.02. The molecule has 0 heterocycles. The van der Waals surface area contributed by atoms with Gasteiger partial charge in [0.1, 0.15) is 5.82 Å². The van der Waals surface area contributed by atoms with E-state index in [1.54, 1.807) is 0 Å². The highest BCUT2D eigenvalue weighted by molar-refractivity contribution is 6.59. The minimum atomic E-state index is -1.70. The maximum absolute atomic E-state index is 12.9. The Morgan fingerprint density at radius 1 is 1.56 bits per heavy atom. The topological polar surface area (TPSA) is 69.6 Å². The van der Waals surface area contributed by atoms with Crippen LogP contribution in [0.15, 0.2) is 30.9 Å². The lowest BCUT2D eigenvalue weighted by Gasteiger charge is -2.09. The molecule has 0 aliphatic heterocycles. The van der Waals surface area contributed by atoms with E-state index in [1.165, 1.54) is 6.07 Å². The van der Waals surface area contributed by atoms with Gasteiger partial charge < -0.3 is 15.4 Å². The van der Waals surface area contributed by atoms with E-state index in [1.807, 2.05) is 0 Å². The summed E-state index contributed by atoms with van der Waals surface area (Å²) >= 11 is 0. The Kier molecular flexibility index (Phi) is 4.22. The molecule has 4 nitrogen and oxygen atoms in total. The first-order valence-electron chi connectivity index (χ1n) is 4.59. The van der Waals surface area contributed by atoms with Crippen molar-refractivity contribution in [1.29, 1.82) is 0 Å². The Morgan fingerprint density at radius 3 is 2.81 bits per heavy atom. The van der Waals surface area contributed by atoms with Crippen LogP contribution >= 0.6 is 0 Å². The summed E-state index contributed by atoms with van der Waals surface area (Å²) in [5.41, 5.74) is 0.468. The second kappa shape index (κ2) is 5.43. The van der Waals surface area contributed by atoms with Crippen LogP contribution in [-0.4, -0.2) is 23.1 Å². The molecule has 0 spiro atoms. The minimum Gasteiger partial charge on any atom is -0.423 e. The van der Waals surface area contributed by atoms with Gasteiger partial charge in [0.15, 0.2) is 0 Å². The van der Waals surface area contributed by atoms with Crippen molar-refractivity contribution < 1.29 is 19.2 Å². The van der Waals surface area contributed by atoms with Gasteiger partial charge in [-0.15, -0.1) is 0 Å². The summed E-state index contributed by atoms with van der Waals surface area (Å²) in [6.07, 6.45) is 1.08. The Balaban J connectivity index is 2.87. The second-order valence-electron chi connectivity index (χ2n) is 3.14. The number of nitrogens with one attached hydrogen (secondary N) is 1. The van der Waals surface area contributed by atoms with Crippen LogP contribution in [0.5, 0.6) is 0 Å². The number of amides is 1. The van der Waals surface area contributed by atoms with E-state index >= 15 is 0 Å². The Bertz CT molecular complexity index is 409. The number of rotatable bonds is 4. The first-order valence-corrected chi connectivity index (χ1v) is 4.59. The first-order chi connectivity index (χ1) is 7.54. The molecule has 16 heavy (non-hydrogen) atoms. The fourth-order valence-corrected chi connectivity index (χ4v) is 1.23. The van der Waals surface area contributed by atoms with Gasteiger partial charge in [-0.25, -0.2) is 4.39 Å². The maximum Gasteiger partial charge on any atom is 0.488 e. The van der Waals surface area contributed by atoms with E-state index in [-0.39, 0.29) is 12.0 Å². The number of benzene rings is 1.